The molecule has 0 fully saturated rings. The van der Waals surface area contributed by atoms with Crippen LogP contribution in [0.1, 0.15) is 10.4 Å². The second kappa shape index (κ2) is 5.31. The summed E-state index contributed by atoms with van der Waals surface area (Å²) in [5.74, 6) is -0.107. The molecule has 0 radical (unpaired) electrons. The normalized spacial score (nSPS) is 10.8. The molecule has 0 unspecified atom stereocenters. The number of allylic oxidation sites excluding steroid dienone is 1. The van der Waals surface area contributed by atoms with Gasteiger partial charge in [-0.3, -0.25) is 9.36 Å². The lowest BCUT2D eigenvalue weighted by Crippen LogP contribution is -2.08. The van der Waals surface area contributed by atoms with Gasteiger partial charge in [0.05, 0.1) is 0 Å². The first-order valence-electron chi connectivity index (χ1n) is 5.64. The van der Waals surface area contributed by atoms with Crippen LogP contribution in [0.5, 0.6) is 0 Å². The lowest BCUT2D eigenvalue weighted by molar-refractivity contribution is 0.0969. The summed E-state index contributed by atoms with van der Waals surface area (Å²) in [7, 11) is 3.99. The van der Waals surface area contributed by atoms with E-state index in [1.165, 1.54) is 17.0 Å². The number of hydrogen-bond acceptors (Lipinski definition) is 3. The van der Waals surface area contributed by atoms with Crippen LogP contribution >= 0.6 is 0 Å². The number of imidazole rings is 1. The van der Waals surface area contributed by atoms with Gasteiger partial charge in [0, 0.05) is 38.3 Å². The quantitative estimate of drug-likeness (QED) is 0.774. The number of anilines is 1. The van der Waals surface area contributed by atoms with Gasteiger partial charge in [0.1, 0.15) is 6.33 Å². The third kappa shape index (κ3) is 2.85. The van der Waals surface area contributed by atoms with Gasteiger partial charge in [-0.2, -0.15) is 0 Å². The van der Waals surface area contributed by atoms with Crippen molar-refractivity contribution in [2.75, 3.05) is 19.0 Å². The van der Waals surface area contributed by atoms with E-state index in [9.17, 15) is 4.79 Å². The molecule has 0 atom stereocenters. The van der Waals surface area contributed by atoms with Gasteiger partial charge in [-0.05, 0) is 23.8 Å². The molecule has 1 heterocycles. The van der Waals surface area contributed by atoms with Gasteiger partial charge in [0.2, 0.25) is 0 Å². The van der Waals surface area contributed by atoms with E-state index in [-0.39, 0.29) is 5.91 Å². The lowest BCUT2D eigenvalue weighted by Gasteiger charge is -2.11. The monoisotopic (exact) mass is 241 g/mol. The molecule has 0 amide bonds. The number of benzene rings is 1. The number of aromatic nitrogens is 2. The van der Waals surface area contributed by atoms with E-state index in [4.69, 9.17) is 0 Å². The van der Waals surface area contributed by atoms with E-state index in [1.807, 2.05) is 43.3 Å². The Morgan fingerprint density at radius 2 is 2.00 bits per heavy atom. The van der Waals surface area contributed by atoms with Gasteiger partial charge in [-0.25, -0.2) is 4.98 Å². The molecule has 1 aromatic heterocycles. The van der Waals surface area contributed by atoms with Gasteiger partial charge >= 0.3 is 0 Å². The summed E-state index contributed by atoms with van der Waals surface area (Å²) in [6.07, 6.45) is 8.02. The second-order valence-corrected chi connectivity index (χ2v) is 4.13. The van der Waals surface area contributed by atoms with Crippen molar-refractivity contribution in [3.05, 3.63) is 54.6 Å². The van der Waals surface area contributed by atoms with Crippen LogP contribution in [0.15, 0.2) is 49.1 Å². The molecule has 92 valence electrons. The van der Waals surface area contributed by atoms with Crippen molar-refractivity contribution in [3.63, 3.8) is 0 Å². The maximum Gasteiger partial charge on any atom is 0.255 e. The van der Waals surface area contributed by atoms with Gasteiger partial charge in [0.25, 0.3) is 5.91 Å². The maximum atomic E-state index is 11.7. The summed E-state index contributed by atoms with van der Waals surface area (Å²) in [6, 6.07) is 7.99. The number of hydrogen-bond donors (Lipinski definition) is 0. The first-order chi connectivity index (χ1) is 8.66. The van der Waals surface area contributed by atoms with Crippen LogP contribution in [0.4, 0.5) is 5.69 Å². The van der Waals surface area contributed by atoms with Crippen molar-refractivity contribution >= 4 is 17.7 Å². The molecule has 2 aromatic rings. The van der Waals surface area contributed by atoms with Crippen molar-refractivity contribution in [1.29, 1.82) is 0 Å². The average molecular weight is 241 g/mol. The molecule has 0 spiro atoms. The predicted molar refractivity (Wildman–Crippen MR) is 72.7 cm³/mol. The number of carbonyl (C=O) groups excluding carboxylic acids is 1. The Kier molecular flexibility index (Phi) is 3.57. The fourth-order valence-electron chi connectivity index (χ4n) is 1.53. The van der Waals surface area contributed by atoms with Gasteiger partial charge < -0.3 is 4.90 Å². The summed E-state index contributed by atoms with van der Waals surface area (Å²) in [5, 5.41) is 0. The molecule has 0 N–H and O–H groups in total. The molecule has 0 saturated heterocycles. The fraction of sp³-hybridized carbons (Fsp3) is 0.143. The highest BCUT2D eigenvalue weighted by Gasteiger charge is 1.98. The van der Waals surface area contributed by atoms with Crippen LogP contribution in [0.3, 0.4) is 0 Å². The topological polar surface area (TPSA) is 38.1 Å². The number of nitrogens with zero attached hydrogens (tertiary/aromatic N) is 3. The Hall–Kier alpha value is -2.36. The summed E-state index contributed by atoms with van der Waals surface area (Å²) >= 11 is 0. The van der Waals surface area contributed by atoms with Crippen LogP contribution in [0.2, 0.25) is 0 Å². The molecule has 4 nitrogen and oxygen atoms in total. The SMILES string of the molecule is CN(C)c1ccc(C=CC(=O)n2ccnc2)cc1. The Labute approximate surface area is 106 Å². The van der Waals surface area contributed by atoms with E-state index < -0.39 is 0 Å². The van der Waals surface area contributed by atoms with E-state index in [1.54, 1.807) is 18.5 Å². The first-order valence-corrected chi connectivity index (χ1v) is 5.64. The summed E-state index contributed by atoms with van der Waals surface area (Å²) < 4.78 is 1.44. The molecule has 0 aliphatic heterocycles. The minimum absolute atomic E-state index is 0.107. The van der Waals surface area contributed by atoms with Crippen molar-refractivity contribution in [2.45, 2.75) is 0 Å². The molecular weight excluding hydrogens is 226 g/mol. The summed E-state index contributed by atoms with van der Waals surface area (Å²) in [6.45, 7) is 0. The molecule has 0 aliphatic rings. The smallest absolute Gasteiger partial charge is 0.255 e. The zero-order valence-corrected chi connectivity index (χ0v) is 10.4. The zero-order chi connectivity index (χ0) is 13.0. The van der Waals surface area contributed by atoms with E-state index in [2.05, 4.69) is 4.98 Å². The van der Waals surface area contributed by atoms with E-state index in [0.717, 1.165) is 11.3 Å². The van der Waals surface area contributed by atoms with E-state index >= 15 is 0 Å². The van der Waals surface area contributed by atoms with Gasteiger partial charge in [-0.1, -0.05) is 12.1 Å². The average Bonchev–Trinajstić information content (AvgIpc) is 2.90. The molecule has 0 bridgehead atoms. The third-order valence-electron chi connectivity index (χ3n) is 2.59. The van der Waals surface area contributed by atoms with Crippen LogP contribution in [-0.2, 0) is 0 Å². The number of carbonyl (C=O) groups is 1. The largest absolute Gasteiger partial charge is 0.378 e. The molecule has 2 rings (SSSR count). The minimum atomic E-state index is -0.107. The maximum absolute atomic E-state index is 11.7. The highest BCUT2D eigenvalue weighted by atomic mass is 16.1. The molecule has 18 heavy (non-hydrogen) atoms. The molecule has 0 aliphatic carbocycles. The van der Waals surface area contributed by atoms with Crippen molar-refractivity contribution < 1.29 is 4.79 Å². The van der Waals surface area contributed by atoms with Crippen LogP contribution in [0, 0.1) is 0 Å². The van der Waals surface area contributed by atoms with E-state index in [0.29, 0.717) is 0 Å². The standard InChI is InChI=1S/C14H15N3O/c1-16(2)13-6-3-12(4-7-13)5-8-14(18)17-10-9-15-11-17/h3-11H,1-2H3. The van der Waals surface area contributed by atoms with Crippen molar-refractivity contribution in [3.8, 4) is 0 Å². The third-order valence-corrected chi connectivity index (χ3v) is 2.59. The fourth-order valence-corrected chi connectivity index (χ4v) is 1.53. The Morgan fingerprint density at radius 3 is 2.56 bits per heavy atom. The minimum Gasteiger partial charge on any atom is -0.378 e. The summed E-state index contributed by atoms with van der Waals surface area (Å²) in [4.78, 5) is 17.5. The Bertz CT molecular complexity index is 539. The second-order valence-electron chi connectivity index (χ2n) is 4.13. The highest BCUT2D eigenvalue weighted by molar-refractivity contribution is 5.93. The van der Waals surface area contributed by atoms with Crippen molar-refractivity contribution in [2.24, 2.45) is 0 Å². The Morgan fingerprint density at radius 1 is 1.28 bits per heavy atom. The van der Waals surface area contributed by atoms with Gasteiger partial charge in [-0.15, -0.1) is 0 Å². The van der Waals surface area contributed by atoms with Gasteiger partial charge in [0.15, 0.2) is 0 Å². The highest BCUT2D eigenvalue weighted by Crippen LogP contribution is 2.13. The van der Waals surface area contributed by atoms with Crippen LogP contribution in [0.25, 0.3) is 6.08 Å². The van der Waals surface area contributed by atoms with Crippen molar-refractivity contribution in [1.82, 2.24) is 9.55 Å². The Balaban J connectivity index is 2.07. The first kappa shape index (κ1) is 12.1. The lowest BCUT2D eigenvalue weighted by atomic mass is 10.2. The molecular formula is C14H15N3O. The zero-order valence-electron chi connectivity index (χ0n) is 10.4. The molecule has 4 heteroatoms. The molecule has 0 saturated carbocycles. The predicted octanol–water partition coefficient (Wildman–Crippen LogP) is 2.30. The van der Waals surface area contributed by atoms with Crippen LogP contribution < -0.4 is 4.90 Å². The van der Waals surface area contributed by atoms with Crippen LogP contribution in [-0.4, -0.2) is 29.6 Å². The summed E-state index contributed by atoms with van der Waals surface area (Å²) in [5.41, 5.74) is 2.13. The number of rotatable bonds is 3. The molecule has 1 aromatic carbocycles.